The highest BCUT2D eigenvalue weighted by molar-refractivity contribution is 5.78. The van der Waals surface area contributed by atoms with Crippen LogP contribution in [0.4, 0.5) is 0 Å². The van der Waals surface area contributed by atoms with E-state index in [-0.39, 0.29) is 5.91 Å². The van der Waals surface area contributed by atoms with Crippen molar-refractivity contribution in [2.45, 2.75) is 51.6 Å². The van der Waals surface area contributed by atoms with Crippen LogP contribution in [0.15, 0.2) is 0 Å². The van der Waals surface area contributed by atoms with Crippen molar-refractivity contribution >= 4 is 5.91 Å². The van der Waals surface area contributed by atoms with Gasteiger partial charge in [-0.25, -0.2) is 0 Å². The van der Waals surface area contributed by atoms with Crippen molar-refractivity contribution in [1.82, 2.24) is 15.5 Å². The summed E-state index contributed by atoms with van der Waals surface area (Å²) in [5.41, 5.74) is 0. The Balaban J connectivity index is 1.76. The molecule has 21 heavy (non-hydrogen) atoms. The highest BCUT2D eigenvalue weighted by Gasteiger charge is 2.22. The molecule has 2 saturated heterocycles. The second kappa shape index (κ2) is 8.71. The fourth-order valence-corrected chi connectivity index (χ4v) is 3.15. The predicted octanol–water partition coefficient (Wildman–Crippen LogP) is 0.992. The molecule has 2 aliphatic rings. The second-order valence-electron chi connectivity index (χ2n) is 6.67. The van der Waals surface area contributed by atoms with Crippen molar-refractivity contribution in [1.29, 1.82) is 0 Å². The monoisotopic (exact) mass is 297 g/mol. The van der Waals surface area contributed by atoms with Gasteiger partial charge in [-0.1, -0.05) is 0 Å². The Morgan fingerprint density at radius 1 is 1.24 bits per heavy atom. The molecule has 0 aliphatic carbocycles. The lowest BCUT2D eigenvalue weighted by atomic mass is 9.97. The lowest BCUT2D eigenvalue weighted by Gasteiger charge is -2.33. The van der Waals surface area contributed by atoms with Gasteiger partial charge >= 0.3 is 0 Å². The molecule has 0 aromatic carbocycles. The molecule has 2 N–H and O–H groups in total. The molecular formula is C16H31N3O2. The van der Waals surface area contributed by atoms with Gasteiger partial charge in [-0.3, -0.25) is 9.69 Å². The third-order valence-corrected chi connectivity index (χ3v) is 4.61. The van der Waals surface area contributed by atoms with E-state index in [0.29, 0.717) is 18.6 Å². The molecule has 5 heteroatoms. The quantitative estimate of drug-likeness (QED) is 0.768. The van der Waals surface area contributed by atoms with E-state index in [4.69, 9.17) is 4.74 Å². The second-order valence-corrected chi connectivity index (χ2v) is 6.67. The maximum atomic E-state index is 12.3. The Labute approximate surface area is 128 Å². The van der Waals surface area contributed by atoms with Gasteiger partial charge in [-0.15, -0.1) is 0 Å². The first kappa shape index (κ1) is 16.7. The molecule has 5 nitrogen and oxygen atoms in total. The summed E-state index contributed by atoms with van der Waals surface area (Å²) < 4.78 is 5.33. The van der Waals surface area contributed by atoms with Crippen molar-refractivity contribution in [3.63, 3.8) is 0 Å². The summed E-state index contributed by atoms with van der Waals surface area (Å²) in [4.78, 5) is 14.6. The first-order valence-corrected chi connectivity index (χ1v) is 8.47. The van der Waals surface area contributed by atoms with Crippen molar-refractivity contribution in [2.24, 2.45) is 5.92 Å². The summed E-state index contributed by atoms with van der Waals surface area (Å²) in [6.07, 6.45) is 4.35. The largest absolute Gasteiger partial charge is 0.381 e. The number of nitrogens with one attached hydrogen (secondary N) is 2. The predicted molar refractivity (Wildman–Crippen MR) is 84.3 cm³/mol. The van der Waals surface area contributed by atoms with E-state index in [2.05, 4.69) is 29.4 Å². The number of hydrogen-bond donors (Lipinski definition) is 2. The molecule has 2 fully saturated rings. The van der Waals surface area contributed by atoms with Crippen molar-refractivity contribution < 1.29 is 9.53 Å². The topological polar surface area (TPSA) is 53.6 Å². The van der Waals surface area contributed by atoms with E-state index >= 15 is 0 Å². The van der Waals surface area contributed by atoms with Crippen LogP contribution in [0.5, 0.6) is 0 Å². The smallest absolute Gasteiger partial charge is 0.234 e. The molecule has 0 unspecified atom stereocenters. The molecule has 2 aliphatic heterocycles. The zero-order valence-corrected chi connectivity index (χ0v) is 13.6. The van der Waals surface area contributed by atoms with Crippen LogP contribution in [-0.2, 0) is 9.53 Å². The fraction of sp³-hybridized carbons (Fsp3) is 0.938. The minimum Gasteiger partial charge on any atom is -0.381 e. The van der Waals surface area contributed by atoms with Gasteiger partial charge < -0.3 is 15.4 Å². The zero-order chi connectivity index (χ0) is 15.1. The van der Waals surface area contributed by atoms with E-state index in [9.17, 15) is 4.79 Å². The number of carbonyl (C=O) groups is 1. The summed E-state index contributed by atoms with van der Waals surface area (Å²) >= 11 is 0. The average molecular weight is 297 g/mol. The molecular weight excluding hydrogens is 266 g/mol. The van der Waals surface area contributed by atoms with Gasteiger partial charge in [0.15, 0.2) is 0 Å². The normalized spacial score (nSPS) is 21.9. The van der Waals surface area contributed by atoms with Gasteiger partial charge in [0.1, 0.15) is 0 Å². The van der Waals surface area contributed by atoms with Crippen LogP contribution in [-0.4, -0.2) is 62.3 Å². The summed E-state index contributed by atoms with van der Waals surface area (Å²) in [5, 5.41) is 6.57. The van der Waals surface area contributed by atoms with Crippen LogP contribution in [0.3, 0.4) is 0 Å². The number of rotatable bonds is 6. The van der Waals surface area contributed by atoms with Crippen LogP contribution in [0.2, 0.25) is 0 Å². The van der Waals surface area contributed by atoms with Gasteiger partial charge in [-0.2, -0.15) is 0 Å². The third kappa shape index (κ3) is 5.93. The number of hydrogen-bond acceptors (Lipinski definition) is 4. The average Bonchev–Trinajstić information content (AvgIpc) is 2.48. The molecule has 0 bridgehead atoms. The van der Waals surface area contributed by atoms with Crippen molar-refractivity contribution in [3.05, 3.63) is 0 Å². The van der Waals surface area contributed by atoms with E-state index in [1.807, 2.05) is 0 Å². The zero-order valence-electron chi connectivity index (χ0n) is 13.6. The molecule has 0 aromatic rings. The number of amides is 1. The van der Waals surface area contributed by atoms with Crippen LogP contribution < -0.4 is 10.6 Å². The molecule has 0 spiro atoms. The van der Waals surface area contributed by atoms with Gasteiger partial charge in [0, 0.05) is 31.8 Å². The third-order valence-electron chi connectivity index (χ3n) is 4.61. The van der Waals surface area contributed by atoms with Crippen molar-refractivity contribution in [3.8, 4) is 0 Å². The number of piperidine rings is 1. The highest BCUT2D eigenvalue weighted by atomic mass is 16.5. The highest BCUT2D eigenvalue weighted by Crippen LogP contribution is 2.15. The van der Waals surface area contributed by atoms with Gasteiger partial charge in [0.05, 0.1) is 6.54 Å². The summed E-state index contributed by atoms with van der Waals surface area (Å²) in [6, 6.07) is 0.722. The Bertz CT molecular complexity index is 311. The minimum atomic E-state index is 0.171. The van der Waals surface area contributed by atoms with E-state index in [1.165, 1.54) is 12.8 Å². The number of carbonyl (C=O) groups excluding carboxylic acids is 1. The summed E-state index contributed by atoms with van der Waals surface area (Å²) in [5.74, 6) is 0.897. The van der Waals surface area contributed by atoms with Gasteiger partial charge in [0.25, 0.3) is 0 Å². The lowest BCUT2D eigenvalue weighted by Crippen LogP contribution is -2.47. The fourth-order valence-electron chi connectivity index (χ4n) is 3.15. The van der Waals surface area contributed by atoms with Crippen molar-refractivity contribution in [2.75, 3.05) is 39.4 Å². The molecule has 122 valence electrons. The molecule has 0 saturated carbocycles. The molecule has 0 aromatic heterocycles. The van der Waals surface area contributed by atoms with Crippen LogP contribution in [0, 0.1) is 5.92 Å². The SMILES string of the molecule is CC(C)N(CC(=O)NC1CCOCC1)CC1CCNCC1. The summed E-state index contributed by atoms with van der Waals surface area (Å²) in [6.45, 7) is 9.71. The maximum absolute atomic E-state index is 12.3. The Hall–Kier alpha value is -0.650. The minimum absolute atomic E-state index is 0.171. The van der Waals surface area contributed by atoms with Crippen LogP contribution >= 0.6 is 0 Å². The Morgan fingerprint density at radius 3 is 2.52 bits per heavy atom. The maximum Gasteiger partial charge on any atom is 0.234 e. The number of nitrogens with zero attached hydrogens (tertiary/aromatic N) is 1. The number of ether oxygens (including phenoxy) is 1. The molecule has 0 radical (unpaired) electrons. The Morgan fingerprint density at radius 2 is 1.90 bits per heavy atom. The van der Waals surface area contributed by atoms with Gasteiger partial charge in [-0.05, 0) is 58.5 Å². The molecule has 1 amide bonds. The van der Waals surface area contributed by atoms with Gasteiger partial charge in [0.2, 0.25) is 5.91 Å². The van der Waals surface area contributed by atoms with E-state index in [0.717, 1.165) is 51.6 Å². The molecule has 2 rings (SSSR count). The van der Waals surface area contributed by atoms with Crippen LogP contribution in [0.1, 0.15) is 39.5 Å². The lowest BCUT2D eigenvalue weighted by molar-refractivity contribution is -0.124. The summed E-state index contributed by atoms with van der Waals surface area (Å²) in [7, 11) is 0. The first-order chi connectivity index (χ1) is 10.1. The van der Waals surface area contributed by atoms with Crippen LogP contribution in [0.25, 0.3) is 0 Å². The standard InChI is InChI=1S/C16H31N3O2/c1-13(2)19(11-14-3-7-17-8-4-14)12-16(20)18-15-5-9-21-10-6-15/h13-15,17H,3-12H2,1-2H3,(H,18,20). The molecule has 0 atom stereocenters. The van der Waals surface area contributed by atoms with E-state index < -0.39 is 0 Å². The molecule has 2 heterocycles. The first-order valence-electron chi connectivity index (χ1n) is 8.47. The Kier molecular flexibility index (Phi) is 6.93. The van der Waals surface area contributed by atoms with E-state index in [1.54, 1.807) is 0 Å².